The Hall–Kier alpha value is -1.72. The van der Waals surface area contributed by atoms with Crippen molar-refractivity contribution in [2.24, 2.45) is 5.10 Å². The normalized spacial score (nSPS) is 10.5. The molecule has 0 radical (unpaired) electrons. The maximum Gasteiger partial charge on any atom is 0.186 e. The number of nitrogens with one attached hydrogen (secondary N) is 2. The maximum absolute atomic E-state index is 5.17. The smallest absolute Gasteiger partial charge is 0.186 e. The van der Waals surface area contributed by atoms with Gasteiger partial charge in [0.15, 0.2) is 5.11 Å². The van der Waals surface area contributed by atoms with Crippen LogP contribution >= 0.6 is 28.1 Å². The number of benzene rings is 2. The summed E-state index contributed by atoms with van der Waals surface area (Å²) in [7, 11) is 0. The van der Waals surface area contributed by atoms with E-state index in [0.717, 1.165) is 23.0 Å². The van der Waals surface area contributed by atoms with E-state index in [1.165, 1.54) is 5.56 Å². The Morgan fingerprint density at radius 2 is 1.81 bits per heavy atom. The molecule has 5 heteroatoms. The average molecular weight is 362 g/mol. The first-order valence-corrected chi connectivity index (χ1v) is 7.81. The second kappa shape index (κ2) is 8.54. The van der Waals surface area contributed by atoms with Crippen molar-refractivity contribution < 1.29 is 0 Å². The quantitative estimate of drug-likeness (QED) is 0.486. The van der Waals surface area contributed by atoms with Crippen molar-refractivity contribution in [3.8, 4) is 0 Å². The molecule has 0 atom stereocenters. The van der Waals surface area contributed by atoms with Crippen LogP contribution in [0.25, 0.3) is 0 Å². The van der Waals surface area contributed by atoms with E-state index in [4.69, 9.17) is 12.2 Å². The summed E-state index contributed by atoms with van der Waals surface area (Å²) in [5, 5.41) is 7.77. The number of hydrogen-bond acceptors (Lipinski definition) is 2. The van der Waals surface area contributed by atoms with Gasteiger partial charge in [0, 0.05) is 16.6 Å². The fourth-order valence-corrected chi connectivity index (χ4v) is 2.29. The lowest BCUT2D eigenvalue weighted by Gasteiger charge is -2.06. The number of rotatable bonds is 5. The molecule has 108 valence electrons. The second-order valence-electron chi connectivity index (χ2n) is 4.38. The third-order valence-corrected chi connectivity index (χ3v) is 3.77. The minimum Gasteiger partial charge on any atom is -0.361 e. The van der Waals surface area contributed by atoms with Crippen LogP contribution in [0.4, 0.5) is 0 Å². The first-order valence-electron chi connectivity index (χ1n) is 6.61. The molecule has 0 saturated carbocycles. The van der Waals surface area contributed by atoms with Gasteiger partial charge in [0.05, 0.1) is 6.21 Å². The fourth-order valence-electron chi connectivity index (χ4n) is 1.74. The predicted octanol–water partition coefficient (Wildman–Crippen LogP) is 3.49. The largest absolute Gasteiger partial charge is 0.361 e. The minimum atomic E-state index is 0.522. The zero-order valence-corrected chi connectivity index (χ0v) is 13.8. The first kappa shape index (κ1) is 15.7. The van der Waals surface area contributed by atoms with Crippen LogP contribution in [-0.4, -0.2) is 17.9 Å². The highest BCUT2D eigenvalue weighted by Gasteiger charge is 1.96. The zero-order valence-electron chi connectivity index (χ0n) is 11.4. The van der Waals surface area contributed by atoms with Gasteiger partial charge in [-0.25, -0.2) is 0 Å². The van der Waals surface area contributed by atoms with E-state index in [1.54, 1.807) is 6.21 Å². The van der Waals surface area contributed by atoms with E-state index in [9.17, 15) is 0 Å². The highest BCUT2D eigenvalue weighted by atomic mass is 79.9. The molecule has 0 aliphatic heterocycles. The van der Waals surface area contributed by atoms with Crippen LogP contribution in [0.3, 0.4) is 0 Å². The topological polar surface area (TPSA) is 36.4 Å². The second-order valence-corrected chi connectivity index (χ2v) is 5.65. The Morgan fingerprint density at radius 1 is 1.10 bits per heavy atom. The highest BCUT2D eigenvalue weighted by Crippen LogP contribution is 2.13. The average Bonchev–Trinajstić information content (AvgIpc) is 2.50. The third kappa shape index (κ3) is 5.65. The summed E-state index contributed by atoms with van der Waals surface area (Å²) in [6.07, 6.45) is 2.66. The summed E-state index contributed by atoms with van der Waals surface area (Å²) in [6, 6.07) is 18.2. The van der Waals surface area contributed by atoms with Gasteiger partial charge < -0.3 is 5.32 Å². The standard InChI is InChI=1S/C16H16BrN3S/c17-15-9-5-4-8-14(15)12-19-20-16(21)18-11-10-13-6-2-1-3-7-13/h1-9,12H,10-11H2,(H2,18,20,21)/b19-12-. The molecule has 2 N–H and O–H groups in total. The van der Waals surface area contributed by atoms with Crippen molar-refractivity contribution in [2.75, 3.05) is 6.54 Å². The Kier molecular flexibility index (Phi) is 6.37. The van der Waals surface area contributed by atoms with Gasteiger partial charge in [-0.1, -0.05) is 64.5 Å². The van der Waals surface area contributed by atoms with Crippen LogP contribution in [0.2, 0.25) is 0 Å². The lowest BCUT2D eigenvalue weighted by atomic mass is 10.1. The van der Waals surface area contributed by atoms with E-state index in [-0.39, 0.29) is 0 Å². The first-order chi connectivity index (χ1) is 10.3. The Balaban J connectivity index is 1.71. The molecule has 0 aliphatic carbocycles. The molecular formula is C16H16BrN3S. The summed E-state index contributed by atoms with van der Waals surface area (Å²) < 4.78 is 0.999. The minimum absolute atomic E-state index is 0.522. The number of hydrazone groups is 1. The number of hydrogen-bond donors (Lipinski definition) is 2. The van der Waals surface area contributed by atoms with E-state index in [0.29, 0.717) is 5.11 Å². The summed E-state index contributed by atoms with van der Waals surface area (Å²) in [5.41, 5.74) is 5.09. The van der Waals surface area contributed by atoms with Gasteiger partial charge in [-0.3, -0.25) is 5.43 Å². The molecule has 2 aromatic carbocycles. The highest BCUT2D eigenvalue weighted by molar-refractivity contribution is 9.10. The van der Waals surface area contributed by atoms with Gasteiger partial charge in [-0.2, -0.15) is 5.10 Å². The summed E-state index contributed by atoms with van der Waals surface area (Å²) in [5.74, 6) is 0. The van der Waals surface area contributed by atoms with Crippen LogP contribution in [-0.2, 0) is 6.42 Å². The molecule has 21 heavy (non-hydrogen) atoms. The monoisotopic (exact) mass is 361 g/mol. The molecule has 0 aromatic heterocycles. The van der Waals surface area contributed by atoms with Gasteiger partial charge in [-0.15, -0.1) is 0 Å². The SMILES string of the molecule is S=C(NCCc1ccccc1)N/N=C\c1ccccc1Br. The van der Waals surface area contributed by atoms with E-state index < -0.39 is 0 Å². The Morgan fingerprint density at radius 3 is 2.57 bits per heavy atom. The summed E-state index contributed by atoms with van der Waals surface area (Å²) in [4.78, 5) is 0. The Bertz CT molecular complexity index is 614. The lowest BCUT2D eigenvalue weighted by Crippen LogP contribution is -2.33. The van der Waals surface area contributed by atoms with Crippen LogP contribution in [0, 0.1) is 0 Å². The van der Waals surface area contributed by atoms with Crippen molar-refractivity contribution in [3.05, 3.63) is 70.2 Å². The Labute approximate surface area is 138 Å². The van der Waals surface area contributed by atoms with E-state index >= 15 is 0 Å². The molecular weight excluding hydrogens is 346 g/mol. The molecule has 0 saturated heterocycles. The molecule has 2 rings (SSSR count). The van der Waals surface area contributed by atoms with Crippen molar-refractivity contribution in [1.82, 2.24) is 10.7 Å². The fraction of sp³-hybridized carbons (Fsp3) is 0.125. The number of thiocarbonyl (C=S) groups is 1. The third-order valence-electron chi connectivity index (χ3n) is 2.82. The van der Waals surface area contributed by atoms with E-state index in [1.807, 2.05) is 42.5 Å². The van der Waals surface area contributed by atoms with Gasteiger partial charge in [0.25, 0.3) is 0 Å². The molecule has 2 aromatic rings. The van der Waals surface area contributed by atoms with E-state index in [2.05, 4.69) is 43.9 Å². The molecule has 0 bridgehead atoms. The van der Waals surface area contributed by atoms with Crippen LogP contribution in [0.15, 0.2) is 64.2 Å². The summed E-state index contributed by atoms with van der Waals surface area (Å²) in [6.45, 7) is 0.778. The zero-order chi connectivity index (χ0) is 14.9. The number of nitrogens with zero attached hydrogens (tertiary/aromatic N) is 1. The van der Waals surface area contributed by atoms with Crippen molar-refractivity contribution in [3.63, 3.8) is 0 Å². The molecule has 0 unspecified atom stereocenters. The van der Waals surface area contributed by atoms with Gasteiger partial charge >= 0.3 is 0 Å². The van der Waals surface area contributed by atoms with Crippen molar-refractivity contribution >= 4 is 39.5 Å². The lowest BCUT2D eigenvalue weighted by molar-refractivity contribution is 0.838. The summed E-state index contributed by atoms with van der Waals surface area (Å²) >= 11 is 8.63. The molecule has 0 amide bonds. The van der Waals surface area contributed by atoms with Crippen molar-refractivity contribution in [1.29, 1.82) is 0 Å². The van der Waals surface area contributed by atoms with Crippen molar-refractivity contribution in [2.45, 2.75) is 6.42 Å². The molecule has 0 aliphatic rings. The number of halogens is 1. The molecule has 3 nitrogen and oxygen atoms in total. The van der Waals surface area contributed by atoms with Gasteiger partial charge in [0.2, 0.25) is 0 Å². The molecule has 0 heterocycles. The molecule has 0 fully saturated rings. The van der Waals surface area contributed by atoms with Gasteiger partial charge in [0.1, 0.15) is 0 Å². The van der Waals surface area contributed by atoms with Crippen LogP contribution < -0.4 is 10.7 Å². The van der Waals surface area contributed by atoms with Crippen LogP contribution in [0.5, 0.6) is 0 Å². The maximum atomic E-state index is 5.17. The predicted molar refractivity (Wildman–Crippen MR) is 95.6 cm³/mol. The van der Waals surface area contributed by atoms with Crippen LogP contribution in [0.1, 0.15) is 11.1 Å². The van der Waals surface area contributed by atoms with Gasteiger partial charge in [-0.05, 0) is 30.3 Å². The molecule has 0 spiro atoms.